The minimum Gasteiger partial charge on any atom is -0.465 e. The van der Waals surface area contributed by atoms with Crippen LogP contribution in [0, 0.1) is 5.92 Å². The zero-order valence-corrected chi connectivity index (χ0v) is 14.6. The lowest BCUT2D eigenvalue weighted by Crippen LogP contribution is -2.30. The number of methoxy groups -OCH3 is 1. The summed E-state index contributed by atoms with van der Waals surface area (Å²) in [6, 6.07) is 5.15. The largest absolute Gasteiger partial charge is 0.465 e. The Hall–Kier alpha value is -2.48. The van der Waals surface area contributed by atoms with Crippen molar-refractivity contribution >= 4 is 23.0 Å². The van der Waals surface area contributed by atoms with E-state index >= 15 is 0 Å². The van der Waals surface area contributed by atoms with E-state index in [1.54, 1.807) is 22.9 Å². The summed E-state index contributed by atoms with van der Waals surface area (Å²) in [6.07, 6.45) is -0.344. The Morgan fingerprint density at radius 3 is 2.76 bits per heavy atom. The summed E-state index contributed by atoms with van der Waals surface area (Å²) in [7, 11) is 1.32. The van der Waals surface area contributed by atoms with Gasteiger partial charge in [-0.3, -0.25) is 4.79 Å². The van der Waals surface area contributed by atoms with E-state index in [0.717, 1.165) is 6.42 Å². The molecule has 2 aromatic rings. The predicted molar refractivity (Wildman–Crippen MR) is 87.8 cm³/mol. The van der Waals surface area contributed by atoms with Gasteiger partial charge in [-0.15, -0.1) is 5.10 Å². The molecule has 1 aromatic heterocycles. The van der Waals surface area contributed by atoms with Gasteiger partial charge >= 0.3 is 11.9 Å². The highest BCUT2D eigenvalue weighted by molar-refractivity contribution is 6.01. The number of ether oxygens (including phenoxy) is 3. The van der Waals surface area contributed by atoms with Gasteiger partial charge in [0.1, 0.15) is 5.52 Å². The van der Waals surface area contributed by atoms with E-state index in [0.29, 0.717) is 16.6 Å². The van der Waals surface area contributed by atoms with Gasteiger partial charge in [0.2, 0.25) is 0 Å². The third-order valence-corrected chi connectivity index (χ3v) is 4.55. The molecule has 0 N–H and O–H groups in total. The third-order valence-electron chi connectivity index (χ3n) is 4.55. The molecule has 1 aromatic carbocycles. The van der Waals surface area contributed by atoms with Gasteiger partial charge in [0.25, 0.3) is 0 Å². The maximum atomic E-state index is 11.9. The summed E-state index contributed by atoms with van der Waals surface area (Å²) >= 11 is 0. The van der Waals surface area contributed by atoms with Crippen LogP contribution in [0.1, 0.15) is 43.8 Å². The lowest BCUT2D eigenvalue weighted by Gasteiger charge is -2.21. The van der Waals surface area contributed by atoms with Crippen LogP contribution in [0.15, 0.2) is 18.2 Å². The van der Waals surface area contributed by atoms with E-state index in [4.69, 9.17) is 14.2 Å². The Kier molecular flexibility index (Phi) is 4.71. The average Bonchev–Trinajstić information content (AvgIpc) is 3.15. The quantitative estimate of drug-likeness (QED) is 0.782. The monoisotopic (exact) mass is 347 g/mol. The molecule has 1 saturated heterocycles. The number of nitrogens with zero attached hydrogens (tertiary/aromatic N) is 3. The van der Waals surface area contributed by atoms with E-state index in [1.165, 1.54) is 14.0 Å². The maximum Gasteiger partial charge on any atom is 0.340 e. The molecule has 0 saturated carbocycles. The standard InChI is InChI=1S/C17H21N3O5/c1-5-13-9(2)15(24-10(3)21)16(25-13)20-12-8-6-7-11(17(22)23-4)14(12)18-19-20/h6-9,13,15-16H,5H2,1-4H3/t9-,13-,15-,16-/m1/s1. The second-order valence-corrected chi connectivity index (χ2v) is 6.11. The molecule has 2 heterocycles. The molecule has 134 valence electrons. The third kappa shape index (κ3) is 2.97. The molecule has 0 amide bonds. The van der Waals surface area contributed by atoms with Crippen molar-refractivity contribution in [3.63, 3.8) is 0 Å². The van der Waals surface area contributed by atoms with Gasteiger partial charge in [-0.25, -0.2) is 9.48 Å². The lowest BCUT2D eigenvalue weighted by atomic mass is 9.98. The van der Waals surface area contributed by atoms with Crippen LogP contribution in [0.25, 0.3) is 11.0 Å². The Labute approximate surface area is 145 Å². The number of esters is 2. The fraction of sp³-hybridized carbons (Fsp3) is 0.529. The summed E-state index contributed by atoms with van der Waals surface area (Å²) in [5, 5.41) is 8.27. The van der Waals surface area contributed by atoms with Crippen molar-refractivity contribution in [2.45, 2.75) is 45.6 Å². The normalized spacial score (nSPS) is 25.9. The molecule has 4 atom stereocenters. The number of hydrogen-bond donors (Lipinski definition) is 0. The van der Waals surface area contributed by atoms with Crippen molar-refractivity contribution in [3.8, 4) is 0 Å². The molecule has 0 radical (unpaired) electrons. The number of carbonyl (C=O) groups excluding carboxylic acids is 2. The molecule has 0 spiro atoms. The number of carbonyl (C=O) groups is 2. The Bertz CT molecular complexity index is 803. The van der Waals surface area contributed by atoms with Crippen LogP contribution in [0.4, 0.5) is 0 Å². The average molecular weight is 347 g/mol. The predicted octanol–water partition coefficient (Wildman–Crippen LogP) is 2.09. The number of benzene rings is 1. The Balaban J connectivity index is 2.05. The van der Waals surface area contributed by atoms with Crippen LogP contribution in [0.5, 0.6) is 0 Å². The van der Waals surface area contributed by atoms with E-state index in [9.17, 15) is 9.59 Å². The van der Waals surface area contributed by atoms with Gasteiger partial charge in [0.15, 0.2) is 12.3 Å². The van der Waals surface area contributed by atoms with Crippen LogP contribution in [-0.4, -0.2) is 46.3 Å². The second-order valence-electron chi connectivity index (χ2n) is 6.11. The molecule has 8 heteroatoms. The van der Waals surface area contributed by atoms with Crippen LogP contribution >= 0.6 is 0 Å². The number of fused-ring (bicyclic) bond motifs is 1. The summed E-state index contributed by atoms with van der Waals surface area (Å²) < 4.78 is 17.9. The van der Waals surface area contributed by atoms with Crippen LogP contribution < -0.4 is 0 Å². The first-order valence-electron chi connectivity index (χ1n) is 8.22. The van der Waals surface area contributed by atoms with Gasteiger partial charge < -0.3 is 14.2 Å². The van der Waals surface area contributed by atoms with Crippen LogP contribution in [0.3, 0.4) is 0 Å². The van der Waals surface area contributed by atoms with Gasteiger partial charge in [-0.2, -0.15) is 0 Å². The molecule has 0 bridgehead atoms. The minimum absolute atomic E-state index is 0.0157. The highest BCUT2D eigenvalue weighted by Crippen LogP contribution is 2.38. The number of aromatic nitrogens is 3. The first-order valence-corrected chi connectivity index (χ1v) is 8.22. The fourth-order valence-corrected chi connectivity index (χ4v) is 3.30. The van der Waals surface area contributed by atoms with Crippen molar-refractivity contribution in [3.05, 3.63) is 23.8 Å². The molecular formula is C17H21N3O5. The van der Waals surface area contributed by atoms with Gasteiger partial charge in [0.05, 0.1) is 24.3 Å². The van der Waals surface area contributed by atoms with Crippen molar-refractivity contribution in [1.29, 1.82) is 0 Å². The van der Waals surface area contributed by atoms with E-state index in [-0.39, 0.29) is 18.0 Å². The summed E-state index contributed by atoms with van der Waals surface area (Å²) in [4.78, 5) is 23.4. The van der Waals surface area contributed by atoms with Gasteiger partial charge in [-0.1, -0.05) is 25.1 Å². The second kappa shape index (κ2) is 6.79. The first kappa shape index (κ1) is 17.3. The molecule has 1 fully saturated rings. The summed E-state index contributed by atoms with van der Waals surface area (Å²) in [6.45, 7) is 5.38. The SMILES string of the molecule is CC[C@H]1O[C@@H](n2nnc3c(C(=O)OC)cccc32)[C@H](OC(C)=O)[C@@H]1C. The topological polar surface area (TPSA) is 92.5 Å². The van der Waals surface area contributed by atoms with Gasteiger partial charge in [0, 0.05) is 12.8 Å². The van der Waals surface area contributed by atoms with Crippen molar-refractivity contribution in [1.82, 2.24) is 15.0 Å². The molecule has 1 aliphatic heterocycles. The van der Waals surface area contributed by atoms with Crippen LogP contribution in [-0.2, 0) is 19.0 Å². The smallest absolute Gasteiger partial charge is 0.340 e. The first-order chi connectivity index (χ1) is 12.0. The van der Waals surface area contributed by atoms with E-state index in [1.807, 2.05) is 13.8 Å². The molecule has 8 nitrogen and oxygen atoms in total. The zero-order valence-electron chi connectivity index (χ0n) is 14.6. The lowest BCUT2D eigenvalue weighted by molar-refractivity contribution is -0.154. The van der Waals surface area contributed by atoms with E-state index in [2.05, 4.69) is 10.3 Å². The Morgan fingerprint density at radius 2 is 2.12 bits per heavy atom. The van der Waals surface area contributed by atoms with Crippen LogP contribution in [0.2, 0.25) is 0 Å². The molecule has 3 rings (SSSR count). The number of rotatable bonds is 4. The highest BCUT2D eigenvalue weighted by atomic mass is 16.6. The van der Waals surface area contributed by atoms with Crippen molar-refractivity contribution < 1.29 is 23.8 Å². The molecule has 0 unspecified atom stereocenters. The molecule has 1 aliphatic rings. The van der Waals surface area contributed by atoms with E-state index < -0.39 is 18.3 Å². The molecular weight excluding hydrogens is 326 g/mol. The van der Waals surface area contributed by atoms with Crippen molar-refractivity contribution in [2.75, 3.05) is 7.11 Å². The van der Waals surface area contributed by atoms with Gasteiger partial charge in [-0.05, 0) is 18.6 Å². The van der Waals surface area contributed by atoms with Crippen molar-refractivity contribution in [2.24, 2.45) is 5.92 Å². The highest BCUT2D eigenvalue weighted by Gasteiger charge is 2.45. The zero-order chi connectivity index (χ0) is 18.1. The number of hydrogen-bond acceptors (Lipinski definition) is 7. The molecule has 25 heavy (non-hydrogen) atoms. The Morgan fingerprint density at radius 1 is 1.36 bits per heavy atom. The molecule has 0 aliphatic carbocycles. The minimum atomic E-state index is -0.596. The maximum absolute atomic E-state index is 11.9. The fourth-order valence-electron chi connectivity index (χ4n) is 3.30. The summed E-state index contributed by atoms with van der Waals surface area (Å²) in [5.41, 5.74) is 1.37. The summed E-state index contributed by atoms with van der Waals surface area (Å²) in [5.74, 6) is -0.842.